The van der Waals surface area contributed by atoms with Gasteiger partial charge in [0.05, 0.1) is 5.69 Å². The highest BCUT2D eigenvalue weighted by Crippen LogP contribution is 2.49. The van der Waals surface area contributed by atoms with Crippen LogP contribution in [-0.2, 0) is 28.1 Å². The zero-order valence-corrected chi connectivity index (χ0v) is 21.0. The first kappa shape index (κ1) is 26.4. The summed E-state index contributed by atoms with van der Waals surface area (Å²) in [6.45, 7) is 0.0625. The molecular formula is C25H22F3N5O5S. The van der Waals surface area contributed by atoms with E-state index in [1.165, 1.54) is 29.3 Å². The van der Waals surface area contributed by atoms with Crippen molar-refractivity contribution in [1.82, 2.24) is 14.6 Å². The Kier molecular flexibility index (Phi) is 6.68. The van der Waals surface area contributed by atoms with Crippen LogP contribution >= 0.6 is 0 Å². The van der Waals surface area contributed by atoms with Gasteiger partial charge < -0.3 is 9.64 Å². The van der Waals surface area contributed by atoms with E-state index in [1.807, 2.05) is 6.07 Å². The lowest BCUT2D eigenvalue weighted by Crippen LogP contribution is -2.36. The van der Waals surface area contributed by atoms with E-state index in [9.17, 15) is 31.2 Å². The molecule has 10 nitrogen and oxygen atoms in total. The Balaban J connectivity index is 1.29. The maximum absolute atomic E-state index is 13.3. The summed E-state index contributed by atoms with van der Waals surface area (Å²) in [6.07, 6.45) is -2.64. The van der Waals surface area contributed by atoms with Crippen LogP contribution in [0.2, 0.25) is 0 Å². The highest BCUT2D eigenvalue weighted by atomic mass is 32.2. The number of pyridine rings is 1. The van der Waals surface area contributed by atoms with E-state index in [2.05, 4.69) is 19.2 Å². The fourth-order valence-corrected chi connectivity index (χ4v) is 5.13. The Morgan fingerprint density at radius 1 is 0.974 bits per heavy atom. The van der Waals surface area contributed by atoms with E-state index in [0.29, 0.717) is 18.4 Å². The Hall–Kier alpha value is -4.17. The summed E-state index contributed by atoms with van der Waals surface area (Å²) < 4.78 is 71.0. The van der Waals surface area contributed by atoms with Gasteiger partial charge in [0.15, 0.2) is 0 Å². The predicted molar refractivity (Wildman–Crippen MR) is 134 cm³/mol. The van der Waals surface area contributed by atoms with Gasteiger partial charge in [0, 0.05) is 19.3 Å². The molecule has 5 rings (SSSR count). The minimum absolute atomic E-state index is 0.00890. The van der Waals surface area contributed by atoms with Crippen LogP contribution in [0.15, 0.2) is 72.9 Å². The van der Waals surface area contributed by atoms with E-state index in [1.54, 1.807) is 30.3 Å². The molecule has 0 bridgehead atoms. The second kappa shape index (κ2) is 9.85. The number of nitrogens with one attached hydrogen (secondary N) is 2. The molecule has 0 atom stereocenters. The quantitative estimate of drug-likeness (QED) is 0.382. The zero-order valence-electron chi connectivity index (χ0n) is 20.2. The van der Waals surface area contributed by atoms with Crippen molar-refractivity contribution < 1.29 is 35.9 Å². The van der Waals surface area contributed by atoms with Crippen molar-refractivity contribution in [2.24, 2.45) is 0 Å². The lowest BCUT2D eigenvalue weighted by molar-refractivity contribution is -0.274. The van der Waals surface area contributed by atoms with E-state index >= 15 is 0 Å². The summed E-state index contributed by atoms with van der Waals surface area (Å²) in [5, 5.41) is 0. The van der Waals surface area contributed by atoms with Gasteiger partial charge in [-0.25, -0.2) is 14.7 Å². The standard InChI is InChI=1S/C25H22F3N5O5S/c26-25(27,28)38-20-8-6-19(7-9-20)33-22(34)24(11-12-24)32(23(33)35)16-18-10-13-29-21(14-18)31-39(36,37)30-15-17-4-2-1-3-5-17/h1-10,13-14,30H,11-12,15-16H2,(H,29,31). The second-order valence-electron chi connectivity index (χ2n) is 9.04. The number of alkyl halides is 3. The van der Waals surface area contributed by atoms with E-state index in [-0.39, 0.29) is 24.6 Å². The first-order valence-corrected chi connectivity index (χ1v) is 13.2. The number of hydrogen-bond donors (Lipinski definition) is 2. The minimum Gasteiger partial charge on any atom is -0.406 e. The van der Waals surface area contributed by atoms with Crippen LogP contribution in [0.4, 0.5) is 29.5 Å². The van der Waals surface area contributed by atoms with Crippen LogP contribution in [0, 0.1) is 0 Å². The molecule has 0 unspecified atom stereocenters. The number of halogens is 3. The molecule has 1 aliphatic carbocycles. The fourth-order valence-electron chi connectivity index (χ4n) is 4.32. The Morgan fingerprint density at radius 3 is 2.31 bits per heavy atom. The van der Waals surface area contributed by atoms with Gasteiger partial charge in [-0.15, -0.1) is 13.2 Å². The molecule has 3 aromatic rings. The van der Waals surface area contributed by atoms with Crippen LogP contribution in [0.25, 0.3) is 0 Å². The SMILES string of the molecule is O=C1N(c2ccc(OC(F)(F)F)cc2)C(=O)C2(CC2)N1Cc1ccnc(NS(=O)(=O)NCc2ccccc2)c1. The summed E-state index contributed by atoms with van der Waals surface area (Å²) in [6, 6.07) is 15.8. The van der Waals surface area contributed by atoms with Crippen molar-refractivity contribution in [2.45, 2.75) is 37.8 Å². The summed E-state index contributed by atoms with van der Waals surface area (Å²) in [4.78, 5) is 32.9. The molecule has 204 valence electrons. The molecule has 1 aliphatic heterocycles. The van der Waals surface area contributed by atoms with Crippen LogP contribution in [0.5, 0.6) is 5.75 Å². The molecule has 2 aliphatic rings. The van der Waals surface area contributed by atoms with Crippen molar-refractivity contribution in [3.05, 3.63) is 84.1 Å². The number of benzene rings is 2. The summed E-state index contributed by atoms with van der Waals surface area (Å²) in [7, 11) is -3.95. The minimum atomic E-state index is -4.87. The molecule has 1 saturated heterocycles. The molecule has 1 saturated carbocycles. The second-order valence-corrected chi connectivity index (χ2v) is 10.5. The van der Waals surface area contributed by atoms with Gasteiger partial charge in [-0.3, -0.25) is 9.52 Å². The topological polar surface area (TPSA) is 121 Å². The fraction of sp³-hybridized carbons (Fsp3) is 0.240. The lowest BCUT2D eigenvalue weighted by Gasteiger charge is -2.21. The van der Waals surface area contributed by atoms with Crippen molar-refractivity contribution in [3.8, 4) is 5.75 Å². The normalized spacial score (nSPS) is 16.6. The summed E-state index contributed by atoms with van der Waals surface area (Å²) in [5.74, 6) is -0.932. The number of anilines is 2. The number of carbonyl (C=O) groups excluding carboxylic acids is 2. The third-order valence-corrected chi connectivity index (χ3v) is 7.31. The van der Waals surface area contributed by atoms with Crippen molar-refractivity contribution >= 4 is 33.7 Å². The lowest BCUT2D eigenvalue weighted by atomic mass is 10.2. The number of rotatable bonds is 9. The first-order valence-electron chi connectivity index (χ1n) is 11.7. The Morgan fingerprint density at radius 2 is 1.67 bits per heavy atom. The smallest absolute Gasteiger partial charge is 0.406 e. The zero-order chi connectivity index (χ0) is 27.8. The van der Waals surface area contributed by atoms with E-state index in [4.69, 9.17) is 0 Å². The number of nitrogens with zero attached hydrogens (tertiary/aromatic N) is 3. The Labute approximate surface area is 221 Å². The number of carbonyl (C=O) groups is 2. The monoisotopic (exact) mass is 561 g/mol. The molecule has 2 fully saturated rings. The molecule has 3 amide bonds. The van der Waals surface area contributed by atoms with Crippen molar-refractivity contribution in [1.29, 1.82) is 0 Å². The molecule has 1 spiro atoms. The average molecular weight is 562 g/mol. The van der Waals surface area contributed by atoms with Crippen LogP contribution < -0.4 is 19.1 Å². The van der Waals surface area contributed by atoms with Gasteiger partial charge in [0.25, 0.3) is 5.91 Å². The van der Waals surface area contributed by atoms with Gasteiger partial charge in [0.2, 0.25) is 0 Å². The molecule has 0 radical (unpaired) electrons. The Bertz CT molecular complexity index is 1500. The molecule has 39 heavy (non-hydrogen) atoms. The molecule has 2 N–H and O–H groups in total. The largest absolute Gasteiger partial charge is 0.573 e. The van der Waals surface area contributed by atoms with Crippen LogP contribution in [0.3, 0.4) is 0 Å². The average Bonchev–Trinajstić information content (AvgIpc) is 3.65. The van der Waals surface area contributed by atoms with Gasteiger partial charge in [0.1, 0.15) is 17.1 Å². The maximum atomic E-state index is 13.3. The number of amides is 3. The number of aromatic nitrogens is 1. The van der Waals surface area contributed by atoms with E-state index in [0.717, 1.165) is 22.6 Å². The number of hydrogen-bond acceptors (Lipinski definition) is 6. The van der Waals surface area contributed by atoms with E-state index < -0.39 is 39.8 Å². The molecule has 2 aromatic carbocycles. The maximum Gasteiger partial charge on any atom is 0.573 e. The van der Waals surface area contributed by atoms with Gasteiger partial charge >= 0.3 is 22.6 Å². The van der Waals surface area contributed by atoms with Crippen molar-refractivity contribution in [2.75, 3.05) is 9.62 Å². The number of urea groups is 1. The molecule has 2 heterocycles. The summed E-state index contributed by atoms with van der Waals surface area (Å²) >= 11 is 0. The van der Waals surface area contributed by atoms with Crippen LogP contribution in [-0.4, -0.2) is 42.1 Å². The number of imide groups is 1. The first-order chi connectivity index (χ1) is 18.5. The van der Waals surface area contributed by atoms with Crippen LogP contribution in [0.1, 0.15) is 24.0 Å². The third-order valence-electron chi connectivity index (χ3n) is 6.31. The highest BCUT2D eigenvalue weighted by molar-refractivity contribution is 7.90. The molecule has 14 heteroatoms. The van der Waals surface area contributed by atoms with Gasteiger partial charge in [-0.1, -0.05) is 30.3 Å². The molecular weight excluding hydrogens is 539 g/mol. The van der Waals surface area contributed by atoms with Gasteiger partial charge in [-0.05, 0) is 60.4 Å². The third kappa shape index (κ3) is 5.81. The van der Waals surface area contributed by atoms with Gasteiger partial charge in [-0.2, -0.15) is 13.1 Å². The molecule has 1 aromatic heterocycles. The summed E-state index contributed by atoms with van der Waals surface area (Å²) in [5.41, 5.74) is 0.344. The highest BCUT2D eigenvalue weighted by Gasteiger charge is 2.65. The van der Waals surface area contributed by atoms with Crippen molar-refractivity contribution in [3.63, 3.8) is 0 Å². The number of ether oxygens (including phenoxy) is 1. The predicted octanol–water partition coefficient (Wildman–Crippen LogP) is 3.93.